The molecule has 2 heterocycles. The van der Waals surface area contributed by atoms with Crippen LogP contribution in [0.25, 0.3) is 0 Å². The molecule has 6 heteroatoms. The Bertz CT molecular complexity index is 361. The van der Waals surface area contributed by atoms with E-state index in [1.54, 1.807) is 0 Å². The molecule has 16 heavy (non-hydrogen) atoms. The summed E-state index contributed by atoms with van der Waals surface area (Å²) in [5.74, 6) is 3.49. The molecule has 1 saturated heterocycles. The highest BCUT2D eigenvalue weighted by molar-refractivity contribution is 7.99. The van der Waals surface area contributed by atoms with E-state index in [0.717, 1.165) is 18.0 Å². The normalized spacial score (nSPS) is 20.9. The number of aromatic amines is 1. The number of nitrogens with zero attached hydrogens (tertiary/aromatic N) is 2. The van der Waals surface area contributed by atoms with E-state index in [1.165, 1.54) is 12.2 Å². The highest BCUT2D eigenvalue weighted by Crippen LogP contribution is 2.28. The third kappa shape index (κ3) is 2.98. The number of H-pyrrole nitrogens is 1. The SMILES string of the molecule is O=C(O)CCc1nc(C2CCCSC2)n[nH]1. The van der Waals surface area contributed by atoms with Gasteiger partial charge in [-0.25, -0.2) is 4.98 Å². The number of aromatic nitrogens is 3. The summed E-state index contributed by atoms with van der Waals surface area (Å²) in [6.45, 7) is 0. The van der Waals surface area contributed by atoms with Crippen molar-refractivity contribution >= 4 is 17.7 Å². The van der Waals surface area contributed by atoms with Gasteiger partial charge in [0.1, 0.15) is 5.82 Å². The molecule has 1 unspecified atom stereocenters. The van der Waals surface area contributed by atoms with Crippen LogP contribution in [0.3, 0.4) is 0 Å². The van der Waals surface area contributed by atoms with Gasteiger partial charge in [-0.3, -0.25) is 9.89 Å². The summed E-state index contributed by atoms with van der Waals surface area (Å²) in [5, 5.41) is 15.6. The largest absolute Gasteiger partial charge is 0.481 e. The molecule has 1 aromatic heterocycles. The first kappa shape index (κ1) is 11.4. The second kappa shape index (κ2) is 5.34. The van der Waals surface area contributed by atoms with Gasteiger partial charge in [0.2, 0.25) is 0 Å². The number of hydrogen-bond acceptors (Lipinski definition) is 4. The van der Waals surface area contributed by atoms with E-state index in [-0.39, 0.29) is 6.42 Å². The predicted octanol–water partition coefficient (Wildman–Crippen LogP) is 1.43. The van der Waals surface area contributed by atoms with Crippen LogP contribution in [-0.4, -0.2) is 37.8 Å². The van der Waals surface area contributed by atoms with Crippen molar-refractivity contribution in [2.45, 2.75) is 31.6 Å². The van der Waals surface area contributed by atoms with Gasteiger partial charge in [0, 0.05) is 18.1 Å². The van der Waals surface area contributed by atoms with Crippen molar-refractivity contribution in [1.29, 1.82) is 0 Å². The smallest absolute Gasteiger partial charge is 0.303 e. The molecule has 0 aromatic carbocycles. The first-order valence-electron chi connectivity index (χ1n) is 5.46. The van der Waals surface area contributed by atoms with Crippen molar-refractivity contribution in [2.24, 2.45) is 0 Å². The van der Waals surface area contributed by atoms with E-state index in [0.29, 0.717) is 18.2 Å². The predicted molar refractivity (Wildman–Crippen MR) is 61.6 cm³/mol. The van der Waals surface area contributed by atoms with Gasteiger partial charge >= 0.3 is 5.97 Å². The van der Waals surface area contributed by atoms with Crippen LogP contribution in [0, 0.1) is 0 Å². The minimum atomic E-state index is -0.800. The van der Waals surface area contributed by atoms with Crippen LogP contribution in [0.2, 0.25) is 0 Å². The fourth-order valence-electron chi connectivity index (χ4n) is 1.77. The Kier molecular flexibility index (Phi) is 3.82. The standard InChI is InChI=1S/C10H15N3O2S/c14-9(15)4-3-8-11-10(13-12-8)7-2-1-5-16-6-7/h7H,1-6H2,(H,14,15)(H,11,12,13). The highest BCUT2D eigenvalue weighted by atomic mass is 32.2. The van der Waals surface area contributed by atoms with E-state index < -0.39 is 5.97 Å². The summed E-state index contributed by atoms with van der Waals surface area (Å²) in [7, 11) is 0. The zero-order valence-corrected chi connectivity index (χ0v) is 9.79. The minimum Gasteiger partial charge on any atom is -0.481 e. The molecule has 1 atom stereocenters. The molecule has 2 rings (SSSR count). The molecule has 88 valence electrons. The quantitative estimate of drug-likeness (QED) is 0.833. The van der Waals surface area contributed by atoms with Gasteiger partial charge in [-0.2, -0.15) is 16.9 Å². The van der Waals surface area contributed by atoms with E-state index in [9.17, 15) is 4.79 Å². The summed E-state index contributed by atoms with van der Waals surface area (Å²) >= 11 is 1.94. The molecular formula is C10H15N3O2S. The maximum atomic E-state index is 10.4. The van der Waals surface area contributed by atoms with E-state index >= 15 is 0 Å². The molecule has 5 nitrogen and oxygen atoms in total. The Morgan fingerprint density at radius 3 is 3.19 bits per heavy atom. The van der Waals surface area contributed by atoms with Crippen LogP contribution >= 0.6 is 11.8 Å². The average molecular weight is 241 g/mol. The third-order valence-electron chi connectivity index (χ3n) is 2.65. The van der Waals surface area contributed by atoms with Gasteiger partial charge in [-0.1, -0.05) is 0 Å². The van der Waals surface area contributed by atoms with Crippen LogP contribution in [0.4, 0.5) is 0 Å². The van der Waals surface area contributed by atoms with Gasteiger partial charge in [-0.05, 0) is 18.6 Å². The molecule has 0 amide bonds. The van der Waals surface area contributed by atoms with Crippen molar-refractivity contribution in [3.63, 3.8) is 0 Å². The Hall–Kier alpha value is -1.04. The second-order valence-electron chi connectivity index (χ2n) is 3.95. The Balaban J connectivity index is 1.93. The summed E-state index contributed by atoms with van der Waals surface area (Å²) in [4.78, 5) is 14.8. The van der Waals surface area contributed by atoms with Gasteiger partial charge in [0.25, 0.3) is 0 Å². The first-order valence-corrected chi connectivity index (χ1v) is 6.62. The van der Waals surface area contributed by atoms with E-state index in [2.05, 4.69) is 15.2 Å². The lowest BCUT2D eigenvalue weighted by molar-refractivity contribution is -0.137. The number of aryl methyl sites for hydroxylation is 1. The lowest BCUT2D eigenvalue weighted by atomic mass is 10.1. The fraction of sp³-hybridized carbons (Fsp3) is 0.700. The number of nitrogens with one attached hydrogen (secondary N) is 1. The summed E-state index contributed by atoms with van der Waals surface area (Å²) < 4.78 is 0. The molecule has 0 saturated carbocycles. The summed E-state index contributed by atoms with van der Waals surface area (Å²) in [6, 6.07) is 0. The Labute approximate surface area is 98.0 Å². The number of aliphatic carboxylic acids is 1. The number of carboxylic acids is 1. The third-order valence-corrected chi connectivity index (χ3v) is 3.87. The minimum absolute atomic E-state index is 0.105. The fourth-order valence-corrected chi connectivity index (χ4v) is 2.91. The zero-order chi connectivity index (χ0) is 11.4. The van der Waals surface area contributed by atoms with Gasteiger partial charge < -0.3 is 5.11 Å². The monoisotopic (exact) mass is 241 g/mol. The molecule has 1 aromatic rings. The molecule has 1 aliphatic heterocycles. The number of thioether (sulfide) groups is 1. The second-order valence-corrected chi connectivity index (χ2v) is 5.10. The first-order chi connectivity index (χ1) is 7.75. The lowest BCUT2D eigenvalue weighted by Crippen LogP contribution is -2.10. The van der Waals surface area contributed by atoms with Crippen molar-refractivity contribution in [3.05, 3.63) is 11.6 Å². The van der Waals surface area contributed by atoms with E-state index in [4.69, 9.17) is 5.11 Å². The Morgan fingerprint density at radius 2 is 2.50 bits per heavy atom. The molecule has 0 bridgehead atoms. The summed E-state index contributed by atoms with van der Waals surface area (Å²) in [6.07, 6.45) is 2.90. The summed E-state index contributed by atoms with van der Waals surface area (Å²) in [5.41, 5.74) is 0. The molecule has 2 N–H and O–H groups in total. The van der Waals surface area contributed by atoms with Gasteiger partial charge in [0.15, 0.2) is 5.82 Å². The molecule has 0 aliphatic carbocycles. The van der Waals surface area contributed by atoms with Crippen LogP contribution in [-0.2, 0) is 11.2 Å². The van der Waals surface area contributed by atoms with Crippen LogP contribution in [0.15, 0.2) is 0 Å². The van der Waals surface area contributed by atoms with Crippen molar-refractivity contribution < 1.29 is 9.90 Å². The van der Waals surface area contributed by atoms with Gasteiger partial charge in [0.05, 0.1) is 6.42 Å². The van der Waals surface area contributed by atoms with E-state index in [1.807, 2.05) is 11.8 Å². The number of hydrogen-bond donors (Lipinski definition) is 2. The topological polar surface area (TPSA) is 78.9 Å². The molecular weight excluding hydrogens is 226 g/mol. The lowest BCUT2D eigenvalue weighted by Gasteiger charge is -2.17. The zero-order valence-electron chi connectivity index (χ0n) is 8.98. The van der Waals surface area contributed by atoms with Gasteiger partial charge in [-0.15, -0.1) is 0 Å². The highest BCUT2D eigenvalue weighted by Gasteiger charge is 2.19. The molecule has 0 spiro atoms. The van der Waals surface area contributed by atoms with Crippen LogP contribution in [0.5, 0.6) is 0 Å². The van der Waals surface area contributed by atoms with Crippen LogP contribution < -0.4 is 0 Å². The van der Waals surface area contributed by atoms with Crippen molar-refractivity contribution in [2.75, 3.05) is 11.5 Å². The average Bonchev–Trinajstić information content (AvgIpc) is 2.76. The molecule has 1 aliphatic rings. The Morgan fingerprint density at radius 1 is 1.62 bits per heavy atom. The molecule has 0 radical (unpaired) electrons. The van der Waals surface area contributed by atoms with Crippen molar-refractivity contribution in [3.8, 4) is 0 Å². The maximum absolute atomic E-state index is 10.4. The number of rotatable bonds is 4. The number of carbonyl (C=O) groups is 1. The molecule has 1 fully saturated rings. The number of carboxylic acid groups (broad SMARTS) is 1. The maximum Gasteiger partial charge on any atom is 0.303 e. The van der Waals surface area contributed by atoms with Crippen LogP contribution in [0.1, 0.15) is 36.8 Å². The van der Waals surface area contributed by atoms with Crippen molar-refractivity contribution in [1.82, 2.24) is 15.2 Å².